The molecule has 2 nitrogen and oxygen atoms in total. The van der Waals surface area contributed by atoms with E-state index >= 15 is 0 Å². The number of nitrogens with one attached hydrogen (secondary N) is 1. The van der Waals surface area contributed by atoms with E-state index in [0.717, 1.165) is 28.1 Å². The third kappa shape index (κ3) is 2.13. The maximum Gasteiger partial charge on any atom is 0.119 e. The Labute approximate surface area is 112 Å². The fourth-order valence-corrected chi connectivity index (χ4v) is 2.20. The maximum absolute atomic E-state index is 5.25. The van der Waals surface area contributed by atoms with Crippen LogP contribution in [0.15, 0.2) is 61.2 Å². The summed E-state index contributed by atoms with van der Waals surface area (Å²) >= 11 is 0. The molecule has 0 unspecified atom stereocenters. The van der Waals surface area contributed by atoms with Crippen molar-refractivity contribution in [2.24, 2.45) is 0 Å². The van der Waals surface area contributed by atoms with Crippen LogP contribution in [-0.2, 0) is 0 Å². The SMILES string of the molecule is C=C(c1cccc(OC)c1)c1cc2ccccc2[nH]1. The molecule has 19 heavy (non-hydrogen) atoms. The van der Waals surface area contributed by atoms with E-state index in [1.165, 1.54) is 5.39 Å². The van der Waals surface area contributed by atoms with E-state index in [0.29, 0.717) is 0 Å². The van der Waals surface area contributed by atoms with E-state index in [1.54, 1.807) is 7.11 Å². The second kappa shape index (κ2) is 4.65. The summed E-state index contributed by atoms with van der Waals surface area (Å²) in [5.74, 6) is 0.842. The van der Waals surface area contributed by atoms with Gasteiger partial charge in [-0.15, -0.1) is 0 Å². The Bertz CT molecular complexity index is 707. The average molecular weight is 249 g/mol. The van der Waals surface area contributed by atoms with Crippen LogP contribution in [0.4, 0.5) is 0 Å². The number of hydrogen-bond donors (Lipinski definition) is 1. The monoisotopic (exact) mass is 249 g/mol. The molecule has 0 atom stereocenters. The van der Waals surface area contributed by atoms with E-state index in [1.807, 2.05) is 36.4 Å². The molecule has 3 rings (SSSR count). The molecule has 1 N–H and O–H groups in total. The van der Waals surface area contributed by atoms with Gasteiger partial charge in [-0.2, -0.15) is 0 Å². The van der Waals surface area contributed by atoms with Gasteiger partial charge in [-0.05, 0) is 35.4 Å². The van der Waals surface area contributed by atoms with Crippen LogP contribution < -0.4 is 4.74 Å². The molecule has 0 aliphatic heterocycles. The molecule has 0 bridgehead atoms. The predicted molar refractivity (Wildman–Crippen MR) is 79.4 cm³/mol. The predicted octanol–water partition coefficient (Wildman–Crippen LogP) is 4.24. The lowest BCUT2D eigenvalue weighted by Gasteiger charge is -2.06. The molecule has 94 valence electrons. The first-order chi connectivity index (χ1) is 9.28. The summed E-state index contributed by atoms with van der Waals surface area (Å²) in [6.45, 7) is 4.18. The van der Waals surface area contributed by atoms with Gasteiger partial charge >= 0.3 is 0 Å². The summed E-state index contributed by atoms with van der Waals surface area (Å²) in [7, 11) is 1.67. The van der Waals surface area contributed by atoms with Crippen LogP contribution in [-0.4, -0.2) is 12.1 Å². The number of aromatic amines is 1. The molecule has 0 amide bonds. The number of methoxy groups -OCH3 is 1. The van der Waals surface area contributed by atoms with E-state index in [-0.39, 0.29) is 0 Å². The number of hydrogen-bond acceptors (Lipinski definition) is 1. The second-order valence-corrected chi connectivity index (χ2v) is 4.48. The Balaban J connectivity index is 2.02. The molecule has 0 aliphatic carbocycles. The first kappa shape index (κ1) is 11.6. The van der Waals surface area contributed by atoms with Gasteiger partial charge in [0.15, 0.2) is 0 Å². The fraction of sp³-hybridized carbons (Fsp3) is 0.0588. The number of fused-ring (bicyclic) bond motifs is 1. The molecule has 2 aromatic carbocycles. The summed E-state index contributed by atoms with van der Waals surface area (Å²) < 4.78 is 5.25. The minimum atomic E-state index is 0.842. The lowest BCUT2D eigenvalue weighted by molar-refractivity contribution is 0.414. The molecule has 0 aliphatic rings. The zero-order valence-electron chi connectivity index (χ0n) is 10.8. The number of ether oxygens (including phenoxy) is 1. The van der Waals surface area contributed by atoms with Gasteiger partial charge in [-0.1, -0.05) is 36.9 Å². The Morgan fingerprint density at radius 3 is 2.68 bits per heavy atom. The molecule has 0 fully saturated rings. The molecule has 2 heteroatoms. The summed E-state index contributed by atoms with van der Waals surface area (Å²) in [6, 6.07) is 18.3. The van der Waals surface area contributed by atoms with Crippen molar-refractivity contribution in [3.63, 3.8) is 0 Å². The topological polar surface area (TPSA) is 25.0 Å². The molecule has 1 aromatic heterocycles. The third-order valence-corrected chi connectivity index (χ3v) is 3.27. The van der Waals surface area contributed by atoms with Gasteiger partial charge in [-0.3, -0.25) is 0 Å². The lowest BCUT2D eigenvalue weighted by Crippen LogP contribution is -1.88. The molecule has 0 saturated carbocycles. The third-order valence-electron chi connectivity index (χ3n) is 3.27. The Morgan fingerprint density at radius 1 is 1.05 bits per heavy atom. The van der Waals surface area contributed by atoms with Gasteiger partial charge in [-0.25, -0.2) is 0 Å². The summed E-state index contributed by atoms with van der Waals surface area (Å²) in [5.41, 5.74) is 4.19. The van der Waals surface area contributed by atoms with E-state index in [2.05, 4.69) is 29.8 Å². The smallest absolute Gasteiger partial charge is 0.119 e. The zero-order chi connectivity index (χ0) is 13.2. The Morgan fingerprint density at radius 2 is 1.89 bits per heavy atom. The second-order valence-electron chi connectivity index (χ2n) is 4.48. The van der Waals surface area contributed by atoms with E-state index < -0.39 is 0 Å². The van der Waals surface area contributed by atoms with Crippen molar-refractivity contribution in [3.8, 4) is 5.75 Å². The number of para-hydroxylation sites is 1. The molecule has 3 aromatic rings. The average Bonchev–Trinajstić information content (AvgIpc) is 2.90. The minimum Gasteiger partial charge on any atom is -0.497 e. The van der Waals surface area contributed by atoms with Crippen LogP contribution in [0, 0.1) is 0 Å². The number of H-pyrrole nitrogens is 1. The van der Waals surface area contributed by atoms with Crippen molar-refractivity contribution in [1.29, 1.82) is 0 Å². The fourth-order valence-electron chi connectivity index (χ4n) is 2.20. The standard InChI is InChI=1S/C17H15NO/c1-12(13-7-5-8-15(10-13)19-2)17-11-14-6-3-4-9-16(14)18-17/h3-11,18H,1H2,2H3. The zero-order valence-corrected chi connectivity index (χ0v) is 10.8. The molecule has 0 spiro atoms. The van der Waals surface area contributed by atoms with Crippen LogP contribution in [0.5, 0.6) is 5.75 Å². The van der Waals surface area contributed by atoms with Crippen molar-refractivity contribution >= 4 is 16.5 Å². The molecular weight excluding hydrogens is 234 g/mol. The first-order valence-corrected chi connectivity index (χ1v) is 6.19. The van der Waals surface area contributed by atoms with Gasteiger partial charge in [0.2, 0.25) is 0 Å². The minimum absolute atomic E-state index is 0.842. The van der Waals surface area contributed by atoms with Gasteiger partial charge in [0.05, 0.1) is 7.11 Å². The summed E-state index contributed by atoms with van der Waals surface area (Å²) in [5, 5.41) is 1.20. The van der Waals surface area contributed by atoms with Crippen molar-refractivity contribution in [3.05, 3.63) is 72.4 Å². The maximum atomic E-state index is 5.25. The largest absolute Gasteiger partial charge is 0.497 e. The first-order valence-electron chi connectivity index (χ1n) is 6.19. The van der Waals surface area contributed by atoms with E-state index in [4.69, 9.17) is 4.74 Å². The van der Waals surface area contributed by atoms with Crippen LogP contribution in [0.25, 0.3) is 16.5 Å². The molecule has 0 saturated heterocycles. The highest BCUT2D eigenvalue weighted by Gasteiger charge is 2.06. The number of benzene rings is 2. The normalized spacial score (nSPS) is 10.6. The highest BCUT2D eigenvalue weighted by molar-refractivity contribution is 5.87. The quantitative estimate of drug-likeness (QED) is 0.738. The molecule has 0 radical (unpaired) electrons. The molecule has 1 heterocycles. The van der Waals surface area contributed by atoms with E-state index in [9.17, 15) is 0 Å². The number of aromatic nitrogens is 1. The molecular formula is C17H15NO. The van der Waals surface area contributed by atoms with Crippen molar-refractivity contribution in [2.45, 2.75) is 0 Å². The number of rotatable bonds is 3. The van der Waals surface area contributed by atoms with Crippen molar-refractivity contribution < 1.29 is 4.74 Å². The van der Waals surface area contributed by atoms with Gasteiger partial charge in [0.1, 0.15) is 5.75 Å². The van der Waals surface area contributed by atoms with Crippen LogP contribution in [0.1, 0.15) is 11.3 Å². The summed E-state index contributed by atoms with van der Waals surface area (Å²) in [6.07, 6.45) is 0. The highest BCUT2D eigenvalue weighted by atomic mass is 16.5. The lowest BCUT2D eigenvalue weighted by atomic mass is 10.0. The van der Waals surface area contributed by atoms with Crippen LogP contribution in [0.2, 0.25) is 0 Å². The van der Waals surface area contributed by atoms with Crippen molar-refractivity contribution in [1.82, 2.24) is 4.98 Å². The summed E-state index contributed by atoms with van der Waals surface area (Å²) in [4.78, 5) is 3.39. The van der Waals surface area contributed by atoms with Crippen LogP contribution in [0.3, 0.4) is 0 Å². The van der Waals surface area contributed by atoms with Crippen LogP contribution >= 0.6 is 0 Å². The van der Waals surface area contributed by atoms with Crippen molar-refractivity contribution in [2.75, 3.05) is 7.11 Å². The van der Waals surface area contributed by atoms with Gasteiger partial charge in [0, 0.05) is 16.6 Å². The Kier molecular flexibility index (Phi) is 2.84. The Hall–Kier alpha value is -2.48. The van der Waals surface area contributed by atoms with Gasteiger partial charge in [0.25, 0.3) is 0 Å². The highest BCUT2D eigenvalue weighted by Crippen LogP contribution is 2.26. The van der Waals surface area contributed by atoms with Gasteiger partial charge < -0.3 is 9.72 Å².